The molecule has 0 radical (unpaired) electrons. The third-order valence-corrected chi connectivity index (χ3v) is 4.52. The maximum atomic E-state index is 13.5. The molecule has 118 valence electrons. The van der Waals surface area contributed by atoms with Crippen molar-refractivity contribution in [3.63, 3.8) is 0 Å². The van der Waals surface area contributed by atoms with Gasteiger partial charge in [-0.1, -0.05) is 26.0 Å². The molecule has 0 aliphatic carbocycles. The number of anilines is 1. The van der Waals surface area contributed by atoms with Crippen molar-refractivity contribution in [2.45, 2.75) is 24.7 Å². The fraction of sp³-hybridized carbons (Fsp3) is 0.200. The fourth-order valence-electron chi connectivity index (χ4n) is 1.84. The molecule has 2 aromatic carbocycles. The highest BCUT2D eigenvalue weighted by Crippen LogP contribution is 2.24. The van der Waals surface area contributed by atoms with Crippen molar-refractivity contribution in [3.8, 4) is 0 Å². The number of sulfonamides is 1. The van der Waals surface area contributed by atoms with Crippen LogP contribution in [0.5, 0.6) is 0 Å². The number of rotatable bonds is 4. The van der Waals surface area contributed by atoms with Crippen LogP contribution in [-0.4, -0.2) is 8.42 Å². The Kier molecular flexibility index (Phi) is 4.46. The molecule has 0 unspecified atom stereocenters. The lowest BCUT2D eigenvalue weighted by Crippen LogP contribution is -2.14. The Labute approximate surface area is 126 Å². The summed E-state index contributed by atoms with van der Waals surface area (Å²) in [5.41, 5.74) is 0.296. The summed E-state index contributed by atoms with van der Waals surface area (Å²) in [5.74, 6) is -4.46. The lowest BCUT2D eigenvalue weighted by Gasteiger charge is -2.11. The normalized spacial score (nSPS) is 11.7. The zero-order valence-corrected chi connectivity index (χ0v) is 12.7. The SMILES string of the molecule is CC(C)c1ccc(S(=O)(=O)Nc2ccc(F)c(F)c2F)cc1. The number of hydrogen-bond donors (Lipinski definition) is 1. The van der Waals surface area contributed by atoms with Crippen molar-refractivity contribution in [2.75, 3.05) is 4.72 Å². The molecule has 1 N–H and O–H groups in total. The maximum Gasteiger partial charge on any atom is 0.261 e. The number of hydrogen-bond acceptors (Lipinski definition) is 2. The lowest BCUT2D eigenvalue weighted by molar-refractivity contribution is 0.449. The van der Waals surface area contributed by atoms with E-state index in [0.717, 1.165) is 11.6 Å². The summed E-state index contributed by atoms with van der Waals surface area (Å²) in [6.45, 7) is 3.91. The molecule has 0 saturated carbocycles. The highest BCUT2D eigenvalue weighted by Gasteiger charge is 2.20. The second-order valence-electron chi connectivity index (χ2n) is 5.05. The van der Waals surface area contributed by atoms with Gasteiger partial charge in [-0.2, -0.15) is 0 Å². The van der Waals surface area contributed by atoms with Crippen LogP contribution in [0.2, 0.25) is 0 Å². The van der Waals surface area contributed by atoms with Gasteiger partial charge >= 0.3 is 0 Å². The van der Waals surface area contributed by atoms with Gasteiger partial charge in [0.1, 0.15) is 0 Å². The maximum absolute atomic E-state index is 13.5. The molecule has 3 nitrogen and oxygen atoms in total. The Morgan fingerprint density at radius 3 is 2.05 bits per heavy atom. The second-order valence-corrected chi connectivity index (χ2v) is 6.73. The predicted molar refractivity (Wildman–Crippen MR) is 77.7 cm³/mol. The summed E-state index contributed by atoms with van der Waals surface area (Å²) < 4.78 is 65.7. The van der Waals surface area contributed by atoms with E-state index in [1.807, 2.05) is 18.6 Å². The van der Waals surface area contributed by atoms with Gasteiger partial charge in [-0.15, -0.1) is 0 Å². The van der Waals surface area contributed by atoms with Crippen LogP contribution in [0, 0.1) is 17.5 Å². The van der Waals surface area contributed by atoms with Crippen LogP contribution in [0.4, 0.5) is 18.9 Å². The molecule has 0 spiro atoms. The van der Waals surface area contributed by atoms with Crippen LogP contribution >= 0.6 is 0 Å². The van der Waals surface area contributed by atoms with Gasteiger partial charge in [-0.3, -0.25) is 4.72 Å². The molecule has 0 saturated heterocycles. The van der Waals surface area contributed by atoms with Gasteiger partial charge in [-0.05, 0) is 35.7 Å². The molecule has 7 heteroatoms. The van der Waals surface area contributed by atoms with Gasteiger partial charge < -0.3 is 0 Å². The Balaban J connectivity index is 2.34. The standard InChI is InChI=1S/C15H14F3NO2S/c1-9(2)10-3-5-11(6-4-10)22(20,21)19-13-8-7-12(16)14(17)15(13)18/h3-9,19H,1-2H3. The van der Waals surface area contributed by atoms with Crippen LogP contribution < -0.4 is 4.72 Å². The third-order valence-electron chi connectivity index (χ3n) is 3.14. The molecule has 2 rings (SSSR count). The minimum atomic E-state index is -4.09. The van der Waals surface area contributed by atoms with Gasteiger partial charge in [0, 0.05) is 0 Å². The average molecular weight is 329 g/mol. The Morgan fingerprint density at radius 2 is 1.50 bits per heavy atom. The van der Waals surface area contributed by atoms with Crippen molar-refractivity contribution >= 4 is 15.7 Å². The Morgan fingerprint density at radius 1 is 0.909 bits per heavy atom. The van der Waals surface area contributed by atoms with Crippen molar-refractivity contribution in [1.29, 1.82) is 0 Å². The van der Waals surface area contributed by atoms with Crippen molar-refractivity contribution in [2.24, 2.45) is 0 Å². The van der Waals surface area contributed by atoms with E-state index < -0.39 is 33.2 Å². The van der Waals surface area contributed by atoms with E-state index in [-0.39, 0.29) is 10.8 Å². The minimum Gasteiger partial charge on any atom is -0.277 e. The number of nitrogens with one attached hydrogen (secondary N) is 1. The van der Waals surface area contributed by atoms with E-state index in [0.29, 0.717) is 6.07 Å². The van der Waals surface area contributed by atoms with E-state index in [2.05, 4.69) is 0 Å². The third kappa shape index (κ3) is 3.24. The Hall–Kier alpha value is -2.02. The van der Waals surface area contributed by atoms with Crippen LogP contribution in [0.3, 0.4) is 0 Å². The molecular weight excluding hydrogens is 315 g/mol. The lowest BCUT2D eigenvalue weighted by atomic mass is 10.0. The summed E-state index contributed by atoms with van der Waals surface area (Å²) in [4.78, 5) is -0.0963. The van der Waals surface area contributed by atoms with E-state index in [1.165, 1.54) is 12.1 Å². The Bertz CT molecular complexity index is 787. The summed E-state index contributed by atoms with van der Waals surface area (Å²) >= 11 is 0. The first-order valence-electron chi connectivity index (χ1n) is 6.48. The minimum absolute atomic E-state index is 0.0963. The van der Waals surface area contributed by atoms with Gasteiger partial charge in [0.2, 0.25) is 0 Å². The van der Waals surface area contributed by atoms with E-state index in [1.54, 1.807) is 12.1 Å². The molecule has 0 aliphatic heterocycles. The summed E-state index contributed by atoms with van der Waals surface area (Å²) in [6.07, 6.45) is 0. The summed E-state index contributed by atoms with van der Waals surface area (Å²) in [6, 6.07) is 7.50. The zero-order chi connectivity index (χ0) is 16.5. The molecule has 0 fully saturated rings. The first kappa shape index (κ1) is 16.4. The van der Waals surface area contributed by atoms with E-state index in [9.17, 15) is 21.6 Å². The highest BCUT2D eigenvalue weighted by atomic mass is 32.2. The number of halogens is 3. The van der Waals surface area contributed by atoms with Crippen LogP contribution in [-0.2, 0) is 10.0 Å². The molecule has 22 heavy (non-hydrogen) atoms. The molecule has 0 atom stereocenters. The second kappa shape index (κ2) is 6.00. The number of benzene rings is 2. The molecule has 0 aromatic heterocycles. The first-order chi connectivity index (χ1) is 10.2. The molecular formula is C15H14F3NO2S. The topological polar surface area (TPSA) is 46.2 Å². The van der Waals surface area contributed by atoms with Crippen molar-refractivity contribution in [3.05, 3.63) is 59.4 Å². The molecule has 2 aromatic rings. The smallest absolute Gasteiger partial charge is 0.261 e. The van der Waals surface area contributed by atoms with Gasteiger partial charge in [0.25, 0.3) is 10.0 Å². The molecule has 0 bridgehead atoms. The summed E-state index contributed by atoms with van der Waals surface area (Å²) in [5, 5.41) is 0. The fourth-order valence-corrected chi connectivity index (χ4v) is 2.90. The monoisotopic (exact) mass is 329 g/mol. The van der Waals surface area contributed by atoms with Crippen LogP contribution in [0.25, 0.3) is 0 Å². The highest BCUT2D eigenvalue weighted by molar-refractivity contribution is 7.92. The molecule has 0 aliphatic rings. The average Bonchev–Trinajstić information content (AvgIpc) is 2.48. The quantitative estimate of drug-likeness (QED) is 0.861. The summed E-state index contributed by atoms with van der Waals surface area (Å²) in [7, 11) is -4.09. The van der Waals surface area contributed by atoms with Crippen molar-refractivity contribution < 1.29 is 21.6 Å². The van der Waals surface area contributed by atoms with Crippen LogP contribution in [0.15, 0.2) is 41.3 Å². The molecule has 0 amide bonds. The van der Waals surface area contributed by atoms with Gasteiger partial charge in [0.15, 0.2) is 17.5 Å². The van der Waals surface area contributed by atoms with Crippen molar-refractivity contribution in [1.82, 2.24) is 0 Å². The van der Waals surface area contributed by atoms with Crippen LogP contribution in [0.1, 0.15) is 25.3 Å². The predicted octanol–water partition coefficient (Wildman–Crippen LogP) is 4.03. The van der Waals surface area contributed by atoms with E-state index in [4.69, 9.17) is 0 Å². The largest absolute Gasteiger partial charge is 0.277 e. The zero-order valence-electron chi connectivity index (χ0n) is 11.9. The van der Waals surface area contributed by atoms with Gasteiger partial charge in [-0.25, -0.2) is 21.6 Å². The molecule has 0 heterocycles. The van der Waals surface area contributed by atoms with E-state index >= 15 is 0 Å². The van der Waals surface area contributed by atoms with Gasteiger partial charge in [0.05, 0.1) is 10.6 Å². The first-order valence-corrected chi connectivity index (χ1v) is 7.97.